The molecule has 6 heteroatoms. The van der Waals surface area contributed by atoms with Crippen LogP contribution in [0.15, 0.2) is 12.7 Å². The van der Waals surface area contributed by atoms with Crippen LogP contribution in [0.5, 0.6) is 0 Å². The van der Waals surface area contributed by atoms with Crippen molar-refractivity contribution in [2.45, 2.75) is 12.5 Å². The quantitative estimate of drug-likeness (QED) is 0.413. The Labute approximate surface area is 91.8 Å². The highest BCUT2D eigenvalue weighted by atomic mass is 16.6. The topological polar surface area (TPSA) is 89.9 Å². The summed E-state index contributed by atoms with van der Waals surface area (Å²) < 4.78 is 9.27. The number of hydrogen-bond donors (Lipinski definition) is 1. The number of rotatable bonds is 4. The number of ether oxygens (including phenoxy) is 2. The van der Waals surface area contributed by atoms with Crippen LogP contribution in [0.3, 0.4) is 0 Å². The molecule has 0 aliphatic carbocycles. The molecular weight excluding hydrogens is 216 g/mol. The molecule has 0 radical (unpaired) electrons. The van der Waals surface area contributed by atoms with Gasteiger partial charge in [-0.15, -0.1) is 6.58 Å². The molecule has 1 heterocycles. The minimum Gasteiger partial charge on any atom is -0.481 e. The summed E-state index contributed by atoms with van der Waals surface area (Å²) in [4.78, 5) is 33.2. The molecule has 0 bridgehead atoms. The van der Waals surface area contributed by atoms with E-state index in [1.807, 2.05) is 0 Å². The van der Waals surface area contributed by atoms with E-state index in [0.29, 0.717) is 0 Å². The van der Waals surface area contributed by atoms with Crippen LogP contribution in [0.1, 0.15) is 6.42 Å². The van der Waals surface area contributed by atoms with Crippen molar-refractivity contribution in [3.05, 3.63) is 12.7 Å². The van der Waals surface area contributed by atoms with Crippen molar-refractivity contribution in [1.29, 1.82) is 0 Å². The van der Waals surface area contributed by atoms with E-state index in [2.05, 4.69) is 11.3 Å². The van der Waals surface area contributed by atoms with Gasteiger partial charge >= 0.3 is 17.9 Å². The van der Waals surface area contributed by atoms with E-state index < -0.39 is 35.8 Å². The molecule has 6 nitrogen and oxygen atoms in total. The van der Waals surface area contributed by atoms with E-state index in [4.69, 9.17) is 9.84 Å². The lowest BCUT2D eigenvalue weighted by molar-refractivity contribution is -0.155. The summed E-state index contributed by atoms with van der Waals surface area (Å²) in [5.74, 6) is -4.36. The third kappa shape index (κ3) is 2.21. The van der Waals surface area contributed by atoms with Gasteiger partial charge in [0, 0.05) is 5.92 Å². The van der Waals surface area contributed by atoms with Crippen LogP contribution in [0, 0.1) is 11.8 Å². The molecule has 0 amide bonds. The van der Waals surface area contributed by atoms with Crippen molar-refractivity contribution in [3.8, 4) is 0 Å². The van der Waals surface area contributed by atoms with Crippen molar-refractivity contribution in [1.82, 2.24) is 0 Å². The zero-order chi connectivity index (χ0) is 12.3. The van der Waals surface area contributed by atoms with Crippen molar-refractivity contribution in [2.75, 3.05) is 7.11 Å². The van der Waals surface area contributed by atoms with E-state index in [1.54, 1.807) is 0 Å². The first-order valence-electron chi connectivity index (χ1n) is 4.64. The van der Waals surface area contributed by atoms with Crippen LogP contribution in [-0.4, -0.2) is 36.2 Å². The molecule has 1 rings (SSSR count). The van der Waals surface area contributed by atoms with Gasteiger partial charge < -0.3 is 14.6 Å². The molecule has 1 saturated heterocycles. The van der Waals surface area contributed by atoms with Gasteiger partial charge in [0.1, 0.15) is 6.10 Å². The zero-order valence-electron chi connectivity index (χ0n) is 8.71. The van der Waals surface area contributed by atoms with Crippen LogP contribution in [-0.2, 0) is 23.9 Å². The first kappa shape index (κ1) is 12.2. The van der Waals surface area contributed by atoms with Gasteiger partial charge in [-0.3, -0.25) is 14.4 Å². The number of carbonyl (C=O) groups is 3. The van der Waals surface area contributed by atoms with Crippen molar-refractivity contribution in [3.63, 3.8) is 0 Å². The second-order valence-corrected chi connectivity index (χ2v) is 3.39. The van der Waals surface area contributed by atoms with Gasteiger partial charge in [-0.25, -0.2) is 0 Å². The Kier molecular flexibility index (Phi) is 3.65. The number of cyclic esters (lactones) is 1. The molecule has 0 unspecified atom stereocenters. The lowest BCUT2D eigenvalue weighted by Crippen LogP contribution is -2.28. The number of esters is 2. The minimum atomic E-state index is -1.10. The Hall–Kier alpha value is -1.85. The van der Waals surface area contributed by atoms with E-state index in [9.17, 15) is 14.4 Å². The summed E-state index contributed by atoms with van der Waals surface area (Å²) in [6.07, 6.45) is 0.141. The van der Waals surface area contributed by atoms with Crippen molar-refractivity contribution < 1.29 is 29.0 Å². The summed E-state index contributed by atoms with van der Waals surface area (Å²) in [6.45, 7) is 3.47. The predicted molar refractivity (Wildman–Crippen MR) is 51.3 cm³/mol. The third-order valence-corrected chi connectivity index (χ3v) is 2.44. The Bertz CT molecular complexity index is 334. The molecule has 3 atom stereocenters. The predicted octanol–water partition coefficient (Wildman–Crippen LogP) is -0.0221. The van der Waals surface area contributed by atoms with Crippen LogP contribution < -0.4 is 0 Å². The molecule has 0 aromatic heterocycles. The number of methoxy groups -OCH3 is 1. The molecule has 88 valence electrons. The molecule has 0 aromatic carbocycles. The fourth-order valence-electron chi connectivity index (χ4n) is 1.69. The van der Waals surface area contributed by atoms with Crippen LogP contribution in [0.25, 0.3) is 0 Å². The highest BCUT2D eigenvalue weighted by Crippen LogP contribution is 2.32. The second kappa shape index (κ2) is 4.78. The summed E-state index contributed by atoms with van der Waals surface area (Å²) in [6, 6.07) is 0. The monoisotopic (exact) mass is 228 g/mol. The van der Waals surface area contributed by atoms with E-state index in [1.165, 1.54) is 6.08 Å². The number of carbonyl (C=O) groups excluding carboxylic acids is 2. The second-order valence-electron chi connectivity index (χ2n) is 3.39. The van der Waals surface area contributed by atoms with Crippen LogP contribution in [0.2, 0.25) is 0 Å². The van der Waals surface area contributed by atoms with Crippen molar-refractivity contribution >= 4 is 17.9 Å². The molecule has 1 N–H and O–H groups in total. The minimum absolute atomic E-state index is 0.351. The first-order chi connectivity index (χ1) is 7.51. The molecular formula is C10H12O6. The fourth-order valence-corrected chi connectivity index (χ4v) is 1.69. The van der Waals surface area contributed by atoms with Crippen LogP contribution >= 0.6 is 0 Å². The number of carboxylic acids is 1. The van der Waals surface area contributed by atoms with Gasteiger partial charge in [0.2, 0.25) is 0 Å². The van der Waals surface area contributed by atoms with Gasteiger partial charge in [0.15, 0.2) is 5.92 Å². The SMILES string of the molecule is C=C[C@H]1[C@H](C(=O)OC)C(=O)O[C@H]1CC(=O)O. The average Bonchev–Trinajstić information content (AvgIpc) is 2.52. The third-order valence-electron chi connectivity index (χ3n) is 2.44. The number of carboxylic acid groups (broad SMARTS) is 1. The smallest absolute Gasteiger partial charge is 0.321 e. The van der Waals surface area contributed by atoms with E-state index >= 15 is 0 Å². The molecule has 1 fully saturated rings. The lowest BCUT2D eigenvalue weighted by Gasteiger charge is -2.13. The summed E-state index contributed by atoms with van der Waals surface area (Å²) >= 11 is 0. The Morgan fingerprint density at radius 3 is 2.69 bits per heavy atom. The summed E-state index contributed by atoms with van der Waals surface area (Å²) in [5, 5.41) is 8.61. The van der Waals surface area contributed by atoms with Gasteiger partial charge in [-0.05, 0) is 0 Å². The number of aliphatic carboxylic acids is 1. The molecule has 0 aromatic rings. The molecule has 0 spiro atoms. The van der Waals surface area contributed by atoms with Gasteiger partial charge in [0.05, 0.1) is 13.5 Å². The zero-order valence-corrected chi connectivity index (χ0v) is 8.71. The Morgan fingerprint density at radius 1 is 1.62 bits per heavy atom. The molecule has 0 saturated carbocycles. The standard InChI is InChI=1S/C10H12O6/c1-3-5-6(4-7(11)12)16-10(14)8(5)9(13)15-2/h3,5-6,8H,1,4H2,2H3,(H,11,12)/t5-,6+,8-/m1/s1. The highest BCUT2D eigenvalue weighted by molar-refractivity contribution is 5.97. The lowest BCUT2D eigenvalue weighted by atomic mass is 9.89. The summed E-state index contributed by atoms with van der Waals surface area (Å²) in [5.41, 5.74) is 0. The number of hydrogen-bond acceptors (Lipinski definition) is 5. The fraction of sp³-hybridized carbons (Fsp3) is 0.500. The largest absolute Gasteiger partial charge is 0.481 e. The van der Waals surface area contributed by atoms with Crippen LogP contribution in [0.4, 0.5) is 0 Å². The first-order valence-corrected chi connectivity index (χ1v) is 4.64. The Balaban J connectivity index is 2.87. The molecule has 1 aliphatic heterocycles. The molecule has 1 aliphatic rings. The van der Waals surface area contributed by atoms with Gasteiger partial charge in [-0.2, -0.15) is 0 Å². The van der Waals surface area contributed by atoms with E-state index in [-0.39, 0.29) is 6.42 Å². The average molecular weight is 228 g/mol. The van der Waals surface area contributed by atoms with Crippen molar-refractivity contribution in [2.24, 2.45) is 11.8 Å². The highest BCUT2D eigenvalue weighted by Gasteiger charge is 2.48. The van der Waals surface area contributed by atoms with E-state index in [0.717, 1.165) is 7.11 Å². The maximum Gasteiger partial charge on any atom is 0.321 e. The Morgan fingerprint density at radius 2 is 2.25 bits per heavy atom. The summed E-state index contributed by atoms with van der Waals surface area (Å²) in [7, 11) is 1.15. The normalized spacial score (nSPS) is 28.3. The molecule has 16 heavy (non-hydrogen) atoms. The van der Waals surface area contributed by atoms with Gasteiger partial charge in [-0.1, -0.05) is 6.08 Å². The maximum atomic E-state index is 11.4. The van der Waals surface area contributed by atoms with Gasteiger partial charge in [0.25, 0.3) is 0 Å². The maximum absolute atomic E-state index is 11.4.